The molecule has 28 heavy (non-hydrogen) atoms. The highest BCUT2D eigenvalue weighted by Gasteiger charge is 2.20. The van der Waals surface area contributed by atoms with Gasteiger partial charge in [0.05, 0.1) is 16.8 Å². The molecule has 0 saturated heterocycles. The van der Waals surface area contributed by atoms with Gasteiger partial charge in [-0.15, -0.1) is 0 Å². The highest BCUT2D eigenvalue weighted by Crippen LogP contribution is 2.33. The highest BCUT2D eigenvalue weighted by molar-refractivity contribution is 6.04. The van der Waals surface area contributed by atoms with Gasteiger partial charge >= 0.3 is 5.97 Å². The van der Waals surface area contributed by atoms with Crippen molar-refractivity contribution < 1.29 is 14.3 Å². The van der Waals surface area contributed by atoms with Crippen LogP contribution in [-0.2, 0) is 6.42 Å². The van der Waals surface area contributed by atoms with Crippen molar-refractivity contribution >= 4 is 33.5 Å². The Labute approximate surface area is 162 Å². The average molecular weight is 374 g/mol. The Balaban J connectivity index is 1.80. The fourth-order valence-corrected chi connectivity index (χ4v) is 3.73. The van der Waals surface area contributed by atoms with E-state index in [-0.39, 0.29) is 11.5 Å². The lowest BCUT2D eigenvalue weighted by molar-refractivity contribution is 0.0698. The van der Waals surface area contributed by atoms with Crippen LogP contribution >= 0.6 is 0 Å². The maximum Gasteiger partial charge on any atom is 0.336 e. The van der Waals surface area contributed by atoms with E-state index >= 15 is 0 Å². The Hall–Kier alpha value is -3.34. The Bertz CT molecular complexity index is 1220. The molecule has 5 nitrogen and oxygen atoms in total. The van der Waals surface area contributed by atoms with Gasteiger partial charge in [0.2, 0.25) is 0 Å². The quantitative estimate of drug-likeness (QED) is 0.511. The monoisotopic (exact) mass is 374 g/mol. The maximum absolute atomic E-state index is 11.9. The molecule has 142 valence electrons. The zero-order valence-corrected chi connectivity index (χ0v) is 16.1. The lowest BCUT2D eigenvalue weighted by Gasteiger charge is -2.15. The topological polar surface area (TPSA) is 89.3 Å². The van der Waals surface area contributed by atoms with Crippen molar-refractivity contribution in [2.45, 2.75) is 33.1 Å². The summed E-state index contributed by atoms with van der Waals surface area (Å²) >= 11 is 0. The summed E-state index contributed by atoms with van der Waals surface area (Å²) in [4.78, 5) is 16.7. The third-order valence-corrected chi connectivity index (χ3v) is 5.33. The molecule has 2 aromatic heterocycles. The van der Waals surface area contributed by atoms with E-state index in [1.807, 2.05) is 57.2 Å². The molecule has 0 radical (unpaired) electrons. The number of hydrogen-bond donors (Lipinski definition) is 2. The number of rotatable bonds is 4. The van der Waals surface area contributed by atoms with Crippen LogP contribution in [0.5, 0.6) is 0 Å². The summed E-state index contributed by atoms with van der Waals surface area (Å²) in [6.45, 7) is 5.87. The number of nitrogen functional groups attached to an aromatic ring is 1. The summed E-state index contributed by atoms with van der Waals surface area (Å²) in [5, 5.41) is 11.4. The number of furan rings is 1. The molecule has 4 rings (SSSR count). The van der Waals surface area contributed by atoms with Crippen molar-refractivity contribution in [2.75, 3.05) is 5.73 Å². The van der Waals surface area contributed by atoms with Gasteiger partial charge < -0.3 is 15.3 Å². The number of aromatic nitrogens is 1. The molecular formula is C23H22N2O3. The van der Waals surface area contributed by atoms with E-state index in [9.17, 15) is 9.90 Å². The number of fused-ring (bicyclic) bond motifs is 2. The number of para-hydroxylation sites is 1. The van der Waals surface area contributed by atoms with Gasteiger partial charge in [0.25, 0.3) is 0 Å². The van der Waals surface area contributed by atoms with Crippen LogP contribution in [0, 0.1) is 13.8 Å². The molecule has 0 fully saturated rings. The molecule has 0 spiro atoms. The van der Waals surface area contributed by atoms with Crippen LogP contribution in [-0.4, -0.2) is 16.1 Å². The van der Waals surface area contributed by atoms with E-state index < -0.39 is 5.97 Å². The predicted molar refractivity (Wildman–Crippen MR) is 111 cm³/mol. The molecule has 0 aliphatic rings. The second kappa shape index (κ2) is 6.68. The number of hydrogen-bond acceptors (Lipinski definition) is 4. The van der Waals surface area contributed by atoms with E-state index in [2.05, 4.69) is 0 Å². The van der Waals surface area contributed by atoms with Crippen LogP contribution < -0.4 is 5.73 Å². The molecule has 1 unspecified atom stereocenters. The Morgan fingerprint density at radius 3 is 2.61 bits per heavy atom. The Morgan fingerprint density at radius 1 is 1.18 bits per heavy atom. The molecular weight excluding hydrogens is 352 g/mol. The molecule has 0 aliphatic heterocycles. The van der Waals surface area contributed by atoms with Crippen molar-refractivity contribution in [3.63, 3.8) is 0 Å². The second-order valence-corrected chi connectivity index (χ2v) is 7.36. The first kappa shape index (κ1) is 18.0. The average Bonchev–Trinajstić information content (AvgIpc) is 2.99. The molecule has 4 aromatic rings. The smallest absolute Gasteiger partial charge is 0.336 e. The fourth-order valence-electron chi connectivity index (χ4n) is 3.73. The first-order chi connectivity index (χ1) is 13.4. The zero-order valence-electron chi connectivity index (χ0n) is 16.1. The van der Waals surface area contributed by atoms with Crippen LogP contribution in [0.1, 0.15) is 45.8 Å². The van der Waals surface area contributed by atoms with Gasteiger partial charge in [0, 0.05) is 28.8 Å². The summed E-state index contributed by atoms with van der Waals surface area (Å²) in [6.07, 6.45) is 0.545. The van der Waals surface area contributed by atoms with E-state index in [1.54, 1.807) is 6.07 Å². The second-order valence-electron chi connectivity index (χ2n) is 7.36. The summed E-state index contributed by atoms with van der Waals surface area (Å²) in [7, 11) is 0. The minimum atomic E-state index is -0.946. The summed E-state index contributed by atoms with van der Waals surface area (Å²) < 4.78 is 5.93. The standard InChI is InChI=1S/C23H22N2O3/c1-12-8-9-13(2)22-20(12)16(23(26)27)11-17(25-22)14(3)10-19-21(24)15-6-4-5-7-18(15)28-19/h4-9,11,14H,10,24H2,1-3H3,(H,26,27). The Kier molecular flexibility index (Phi) is 4.30. The van der Waals surface area contributed by atoms with Crippen LogP contribution in [0.3, 0.4) is 0 Å². The van der Waals surface area contributed by atoms with Gasteiger partial charge in [0.1, 0.15) is 11.3 Å². The molecule has 5 heteroatoms. The molecule has 0 amide bonds. The van der Waals surface area contributed by atoms with Crippen LogP contribution in [0.15, 0.2) is 46.9 Å². The first-order valence-corrected chi connectivity index (χ1v) is 9.27. The zero-order chi connectivity index (χ0) is 20.0. The van der Waals surface area contributed by atoms with Crippen molar-refractivity contribution in [3.05, 3.63) is 70.6 Å². The number of anilines is 1. The summed E-state index contributed by atoms with van der Waals surface area (Å²) in [5.41, 5.74) is 11.3. The largest absolute Gasteiger partial charge is 0.478 e. The van der Waals surface area contributed by atoms with Crippen LogP contribution in [0.2, 0.25) is 0 Å². The van der Waals surface area contributed by atoms with Crippen LogP contribution in [0.25, 0.3) is 21.9 Å². The minimum absolute atomic E-state index is 0.0507. The van der Waals surface area contributed by atoms with E-state index in [0.717, 1.165) is 33.3 Å². The fraction of sp³-hybridized carbons (Fsp3) is 0.217. The van der Waals surface area contributed by atoms with E-state index in [1.165, 1.54) is 0 Å². The van der Waals surface area contributed by atoms with Crippen molar-refractivity contribution in [3.8, 4) is 0 Å². The number of aromatic carboxylic acids is 1. The number of carboxylic acids is 1. The third kappa shape index (κ3) is 2.89. The maximum atomic E-state index is 11.9. The lowest BCUT2D eigenvalue weighted by atomic mass is 9.95. The van der Waals surface area contributed by atoms with Crippen LogP contribution in [0.4, 0.5) is 5.69 Å². The molecule has 0 bridgehead atoms. The number of nitrogens with zero attached hydrogens (tertiary/aromatic N) is 1. The van der Waals surface area contributed by atoms with Gasteiger partial charge in [-0.05, 0) is 43.2 Å². The van der Waals surface area contributed by atoms with Gasteiger partial charge in [-0.1, -0.05) is 31.2 Å². The number of aryl methyl sites for hydroxylation is 2. The number of nitrogens with two attached hydrogens (primary N) is 1. The normalized spacial score (nSPS) is 12.5. The van der Waals surface area contributed by atoms with Crippen molar-refractivity contribution in [2.24, 2.45) is 0 Å². The molecule has 0 aliphatic carbocycles. The number of pyridine rings is 1. The third-order valence-electron chi connectivity index (χ3n) is 5.33. The van der Waals surface area contributed by atoms with Crippen molar-refractivity contribution in [1.29, 1.82) is 0 Å². The minimum Gasteiger partial charge on any atom is -0.478 e. The highest BCUT2D eigenvalue weighted by atomic mass is 16.4. The van der Waals surface area contributed by atoms with Gasteiger partial charge in [-0.25, -0.2) is 4.79 Å². The predicted octanol–water partition coefficient (Wildman–Crippen LogP) is 5.22. The number of carbonyl (C=O) groups is 1. The molecule has 0 saturated carbocycles. The first-order valence-electron chi connectivity index (χ1n) is 9.27. The van der Waals surface area contributed by atoms with E-state index in [0.29, 0.717) is 23.3 Å². The number of carboxylic acid groups (broad SMARTS) is 1. The van der Waals surface area contributed by atoms with Crippen molar-refractivity contribution in [1.82, 2.24) is 4.98 Å². The molecule has 2 aromatic carbocycles. The molecule has 3 N–H and O–H groups in total. The van der Waals surface area contributed by atoms with Gasteiger partial charge in [-0.2, -0.15) is 0 Å². The molecule has 2 heterocycles. The van der Waals surface area contributed by atoms with Gasteiger partial charge in [-0.3, -0.25) is 4.98 Å². The van der Waals surface area contributed by atoms with Gasteiger partial charge in [0.15, 0.2) is 0 Å². The molecule has 1 atom stereocenters. The Morgan fingerprint density at radius 2 is 1.89 bits per heavy atom. The SMILES string of the molecule is Cc1ccc(C)c2c(C(=O)O)cc(C(C)Cc3oc4ccccc4c3N)nc12. The summed E-state index contributed by atoms with van der Waals surface area (Å²) in [6, 6.07) is 13.3. The summed E-state index contributed by atoms with van der Waals surface area (Å²) in [5.74, 6) is -0.295. The van der Waals surface area contributed by atoms with E-state index in [4.69, 9.17) is 15.1 Å². The lowest BCUT2D eigenvalue weighted by Crippen LogP contribution is -2.08. The number of benzene rings is 2.